The maximum absolute atomic E-state index is 7.79. The van der Waals surface area contributed by atoms with E-state index in [1.54, 1.807) is 13.4 Å². The first-order valence-corrected chi connectivity index (χ1v) is 9.29. The minimum atomic E-state index is -2.20. The lowest BCUT2D eigenvalue weighted by Gasteiger charge is -2.10. The molecule has 0 aliphatic heterocycles. The number of fused-ring (bicyclic) bond motifs is 1. The first-order valence-electron chi connectivity index (χ1n) is 7.25. The van der Waals surface area contributed by atoms with E-state index >= 15 is 0 Å². The van der Waals surface area contributed by atoms with Gasteiger partial charge in [0.1, 0.15) is 18.7 Å². The molecule has 0 aliphatic rings. The molecule has 3 rings (SSSR count). The molecular weight excluding hydrogens is 324 g/mol. The summed E-state index contributed by atoms with van der Waals surface area (Å²) in [7, 11) is -0.580. The quantitative estimate of drug-likeness (QED) is 0.736. The molecule has 3 aromatic rings. The monoisotopic (exact) mass is 342 g/mol. The van der Waals surface area contributed by atoms with E-state index in [0.717, 1.165) is 27.1 Å². The minimum absolute atomic E-state index is 0.362. The van der Waals surface area contributed by atoms with Crippen LogP contribution < -0.4 is 9.47 Å². The van der Waals surface area contributed by atoms with E-state index in [2.05, 4.69) is 9.97 Å². The van der Waals surface area contributed by atoms with Crippen molar-refractivity contribution in [1.29, 1.82) is 9.56 Å². The van der Waals surface area contributed by atoms with Crippen molar-refractivity contribution in [3.8, 4) is 11.6 Å². The number of aromatic nitrogens is 2. The van der Waals surface area contributed by atoms with Crippen LogP contribution in [0.5, 0.6) is 11.6 Å². The van der Waals surface area contributed by atoms with Crippen LogP contribution in [-0.2, 0) is 16.2 Å². The van der Waals surface area contributed by atoms with Crippen molar-refractivity contribution in [3.05, 3.63) is 54.4 Å². The molecule has 0 saturated heterocycles. The second kappa shape index (κ2) is 6.45. The average molecular weight is 342 g/mol. The van der Waals surface area contributed by atoms with E-state index in [1.165, 1.54) is 6.33 Å². The highest BCUT2D eigenvalue weighted by molar-refractivity contribution is 7.92. The summed E-state index contributed by atoms with van der Waals surface area (Å²) in [6, 6.07) is 13.0. The molecule has 1 heterocycles. The lowest BCUT2D eigenvalue weighted by molar-refractivity contribution is 0.297. The Bertz CT molecular complexity index is 970. The van der Waals surface area contributed by atoms with Gasteiger partial charge in [-0.2, -0.15) is 0 Å². The standard InChI is InChI=1S/C17H18N4O2S/c1-22-13-5-8-15-16(9-13)20-11-21-17(15)23-10-12-3-6-14(7-4-12)24(2,18)19/h3-9,11,18-19H,10H2,1-2H3. The van der Waals surface area contributed by atoms with Gasteiger partial charge in [0.25, 0.3) is 0 Å². The highest BCUT2D eigenvalue weighted by Gasteiger charge is 2.07. The number of methoxy groups -OCH3 is 1. The summed E-state index contributed by atoms with van der Waals surface area (Å²) >= 11 is 0. The molecule has 0 saturated carbocycles. The number of hydrogen-bond acceptors (Lipinski definition) is 6. The number of nitrogens with one attached hydrogen (secondary N) is 2. The Morgan fingerprint density at radius 3 is 2.46 bits per heavy atom. The molecule has 7 heteroatoms. The predicted octanol–water partition coefficient (Wildman–Crippen LogP) is 3.88. The molecule has 0 unspecified atom stereocenters. The molecule has 0 radical (unpaired) electrons. The smallest absolute Gasteiger partial charge is 0.224 e. The van der Waals surface area contributed by atoms with Crippen molar-refractivity contribution in [3.63, 3.8) is 0 Å². The van der Waals surface area contributed by atoms with Crippen LogP contribution in [0.4, 0.5) is 0 Å². The predicted molar refractivity (Wildman–Crippen MR) is 93.9 cm³/mol. The van der Waals surface area contributed by atoms with Crippen LogP contribution >= 0.6 is 0 Å². The lowest BCUT2D eigenvalue weighted by Crippen LogP contribution is -2.00. The number of hydrogen-bond donors (Lipinski definition) is 2. The average Bonchev–Trinajstić information content (AvgIpc) is 2.59. The van der Waals surface area contributed by atoms with Gasteiger partial charge < -0.3 is 9.47 Å². The summed E-state index contributed by atoms with van der Waals surface area (Å²) < 4.78 is 26.6. The fraction of sp³-hybridized carbons (Fsp3) is 0.176. The topological polar surface area (TPSA) is 91.9 Å². The molecule has 0 spiro atoms. The highest BCUT2D eigenvalue weighted by Crippen LogP contribution is 2.25. The number of rotatable bonds is 5. The molecule has 0 atom stereocenters. The fourth-order valence-corrected chi connectivity index (χ4v) is 2.94. The van der Waals surface area contributed by atoms with Crippen LogP contribution in [0, 0.1) is 9.56 Å². The zero-order chi connectivity index (χ0) is 17.2. The van der Waals surface area contributed by atoms with Crippen molar-refractivity contribution < 1.29 is 9.47 Å². The Morgan fingerprint density at radius 2 is 1.79 bits per heavy atom. The Hall–Kier alpha value is -2.67. The largest absolute Gasteiger partial charge is 0.497 e. The van der Waals surface area contributed by atoms with Crippen molar-refractivity contribution in [2.75, 3.05) is 13.4 Å². The van der Waals surface area contributed by atoms with Crippen LogP contribution in [0.3, 0.4) is 0 Å². The summed E-state index contributed by atoms with van der Waals surface area (Å²) in [4.78, 5) is 9.17. The van der Waals surface area contributed by atoms with Crippen LogP contribution in [0.15, 0.2) is 53.7 Å². The molecule has 0 aliphatic carbocycles. The van der Waals surface area contributed by atoms with Gasteiger partial charge in [-0.25, -0.2) is 9.97 Å². The maximum Gasteiger partial charge on any atom is 0.224 e. The third-order valence-electron chi connectivity index (χ3n) is 3.58. The van der Waals surface area contributed by atoms with E-state index < -0.39 is 9.62 Å². The lowest BCUT2D eigenvalue weighted by atomic mass is 10.2. The second-order valence-electron chi connectivity index (χ2n) is 5.41. The fourth-order valence-electron chi connectivity index (χ4n) is 2.26. The normalized spacial score (nSPS) is 11.4. The van der Waals surface area contributed by atoms with E-state index in [4.69, 9.17) is 19.0 Å². The van der Waals surface area contributed by atoms with E-state index in [-0.39, 0.29) is 0 Å². The number of ether oxygens (including phenoxy) is 2. The summed E-state index contributed by atoms with van der Waals surface area (Å²) in [6.45, 7) is 0.362. The first-order chi connectivity index (χ1) is 11.5. The Kier molecular flexibility index (Phi) is 4.35. The molecule has 124 valence electrons. The molecule has 24 heavy (non-hydrogen) atoms. The van der Waals surface area contributed by atoms with Gasteiger partial charge in [0, 0.05) is 17.2 Å². The van der Waals surface area contributed by atoms with Gasteiger partial charge in [-0.15, -0.1) is 0 Å². The molecule has 0 bridgehead atoms. The Balaban J connectivity index is 1.81. The van der Waals surface area contributed by atoms with Crippen LogP contribution in [-0.4, -0.2) is 23.3 Å². The third-order valence-corrected chi connectivity index (χ3v) is 4.79. The van der Waals surface area contributed by atoms with Gasteiger partial charge >= 0.3 is 0 Å². The van der Waals surface area contributed by atoms with Gasteiger partial charge in [-0.05, 0) is 39.4 Å². The molecule has 0 fully saturated rings. The summed E-state index contributed by atoms with van der Waals surface area (Å²) in [6.07, 6.45) is 3.09. The maximum atomic E-state index is 7.79. The Labute approximate surface area is 140 Å². The van der Waals surface area contributed by atoms with E-state index in [9.17, 15) is 0 Å². The number of nitrogens with zero attached hydrogens (tertiary/aromatic N) is 2. The van der Waals surface area contributed by atoms with Crippen molar-refractivity contribution in [2.24, 2.45) is 0 Å². The van der Waals surface area contributed by atoms with Crippen molar-refractivity contribution in [1.82, 2.24) is 9.97 Å². The summed E-state index contributed by atoms with van der Waals surface area (Å²) in [5, 5.41) is 0.823. The van der Waals surface area contributed by atoms with Crippen molar-refractivity contribution in [2.45, 2.75) is 11.5 Å². The molecule has 2 N–H and O–H groups in total. The SMILES string of the molecule is COc1ccc2c(OCc3ccc(S(C)(=N)=N)cc3)ncnc2c1. The van der Waals surface area contributed by atoms with Gasteiger partial charge in [-0.3, -0.25) is 9.56 Å². The van der Waals surface area contributed by atoms with Gasteiger partial charge in [0.2, 0.25) is 5.88 Å². The third kappa shape index (κ3) is 3.46. The van der Waals surface area contributed by atoms with E-state index in [1.807, 2.05) is 42.5 Å². The zero-order valence-corrected chi connectivity index (χ0v) is 14.3. The first kappa shape index (κ1) is 16.2. The highest BCUT2D eigenvalue weighted by atomic mass is 32.2. The minimum Gasteiger partial charge on any atom is -0.497 e. The molecule has 0 amide bonds. The van der Waals surface area contributed by atoms with Crippen LogP contribution in [0.25, 0.3) is 10.9 Å². The molecule has 2 aromatic carbocycles. The molecule has 1 aromatic heterocycles. The second-order valence-corrected chi connectivity index (χ2v) is 7.72. The van der Waals surface area contributed by atoms with Gasteiger partial charge in [0.15, 0.2) is 0 Å². The van der Waals surface area contributed by atoms with Crippen molar-refractivity contribution >= 4 is 20.5 Å². The van der Waals surface area contributed by atoms with Crippen LogP contribution in [0.1, 0.15) is 5.56 Å². The van der Waals surface area contributed by atoms with Gasteiger partial charge in [-0.1, -0.05) is 12.1 Å². The number of benzene rings is 2. The zero-order valence-electron chi connectivity index (χ0n) is 13.4. The Morgan fingerprint density at radius 1 is 1.04 bits per heavy atom. The van der Waals surface area contributed by atoms with Gasteiger partial charge in [0.05, 0.1) is 18.0 Å². The van der Waals surface area contributed by atoms with E-state index in [0.29, 0.717) is 12.5 Å². The molecular formula is C17H18N4O2S. The molecule has 6 nitrogen and oxygen atoms in total. The summed E-state index contributed by atoms with van der Waals surface area (Å²) in [5.74, 6) is 1.25. The van der Waals surface area contributed by atoms with Crippen LogP contribution in [0.2, 0.25) is 0 Å². The summed E-state index contributed by atoms with van der Waals surface area (Å²) in [5.41, 5.74) is 1.72.